The fourth-order valence-electron chi connectivity index (χ4n) is 0.402. The van der Waals surface area contributed by atoms with Gasteiger partial charge in [0, 0.05) is 0 Å². The summed E-state index contributed by atoms with van der Waals surface area (Å²) >= 11 is 0. The molecule has 2 heteroatoms. The molecule has 0 unspecified atom stereocenters. The van der Waals surface area contributed by atoms with Crippen LogP contribution >= 0.6 is 0 Å². The molecule has 10 heavy (non-hydrogen) atoms. The van der Waals surface area contributed by atoms with Gasteiger partial charge in [0.05, 0.1) is 6.17 Å². The van der Waals surface area contributed by atoms with Gasteiger partial charge in [-0.3, -0.25) is 0 Å². The number of nitrogens with one attached hydrogen (secondary N) is 2. The van der Waals surface area contributed by atoms with Crippen molar-refractivity contribution < 1.29 is 0 Å². The minimum absolute atomic E-state index is 0.227. The van der Waals surface area contributed by atoms with Crippen LogP contribution in [0.3, 0.4) is 0 Å². The highest BCUT2D eigenvalue weighted by molar-refractivity contribution is 4.73. The van der Waals surface area contributed by atoms with Crippen LogP contribution in [0.2, 0.25) is 0 Å². The molecule has 0 aromatic rings. The van der Waals surface area contributed by atoms with Gasteiger partial charge in [0.2, 0.25) is 0 Å². The lowest BCUT2D eigenvalue weighted by atomic mass is 10.5. The Hall–Kier alpha value is -0.920. The average molecular weight is 142 g/mol. The molecule has 0 aliphatic carbocycles. The summed E-state index contributed by atoms with van der Waals surface area (Å²) in [7, 11) is 0. The molecule has 0 rings (SSSR count). The molecule has 2 N–H and O–H groups in total. The van der Waals surface area contributed by atoms with E-state index in [0.29, 0.717) is 0 Å². The van der Waals surface area contributed by atoms with Gasteiger partial charge in [0.15, 0.2) is 0 Å². The second-order valence-corrected chi connectivity index (χ2v) is 1.46. The maximum atomic E-state index is 3.50. The van der Waals surface area contributed by atoms with Crippen LogP contribution in [0, 0.1) is 0 Å². The molecule has 0 fully saturated rings. The van der Waals surface area contributed by atoms with E-state index in [1.807, 2.05) is 20.8 Å². The summed E-state index contributed by atoms with van der Waals surface area (Å²) in [6.07, 6.45) is 3.51. The molecule has 0 spiro atoms. The van der Waals surface area contributed by atoms with Gasteiger partial charge in [-0.2, -0.15) is 0 Å². The Morgan fingerprint density at radius 1 is 1.10 bits per heavy atom. The summed E-state index contributed by atoms with van der Waals surface area (Å²) in [5.74, 6) is 0. The third kappa shape index (κ3) is 10.1. The van der Waals surface area contributed by atoms with Crippen LogP contribution in [-0.2, 0) is 0 Å². The molecule has 0 aromatic carbocycles. The number of hydrogen-bond donors (Lipinski definition) is 2. The molecule has 0 saturated carbocycles. The maximum Gasteiger partial charge on any atom is 0.0925 e. The van der Waals surface area contributed by atoms with Gasteiger partial charge in [-0.15, -0.1) is 0 Å². The molecule has 0 aliphatic heterocycles. The number of hydrogen-bond acceptors (Lipinski definition) is 2. The summed E-state index contributed by atoms with van der Waals surface area (Å²) in [5, 5.41) is 5.86. The predicted octanol–water partition coefficient (Wildman–Crippen LogP) is 1.82. The van der Waals surface area contributed by atoms with Crippen LogP contribution in [0.1, 0.15) is 20.8 Å². The van der Waals surface area contributed by atoms with Crippen LogP contribution in [-0.4, -0.2) is 6.17 Å². The first-order chi connectivity index (χ1) is 4.81. The van der Waals surface area contributed by atoms with E-state index in [1.54, 1.807) is 12.4 Å². The first-order valence-electron chi connectivity index (χ1n) is 3.55. The Morgan fingerprint density at radius 3 is 1.60 bits per heavy atom. The highest BCUT2D eigenvalue weighted by Crippen LogP contribution is 1.70. The zero-order valence-electron chi connectivity index (χ0n) is 7.15. The molecule has 0 aromatic heterocycles. The Kier molecular flexibility index (Phi) is 13.0. The van der Waals surface area contributed by atoms with E-state index in [9.17, 15) is 0 Å². The maximum absolute atomic E-state index is 3.50. The van der Waals surface area contributed by atoms with Crippen molar-refractivity contribution in [3.8, 4) is 0 Å². The van der Waals surface area contributed by atoms with E-state index in [4.69, 9.17) is 0 Å². The van der Waals surface area contributed by atoms with E-state index < -0.39 is 0 Å². The highest BCUT2D eigenvalue weighted by Gasteiger charge is 1.86. The fourth-order valence-corrected chi connectivity index (χ4v) is 0.402. The topological polar surface area (TPSA) is 24.1 Å². The van der Waals surface area contributed by atoms with Crippen LogP contribution in [0.5, 0.6) is 0 Å². The van der Waals surface area contributed by atoms with E-state index in [-0.39, 0.29) is 6.17 Å². The largest absolute Gasteiger partial charge is 0.372 e. The van der Waals surface area contributed by atoms with E-state index >= 15 is 0 Å². The Bertz CT molecular complexity index is 69.3. The van der Waals surface area contributed by atoms with Crippen molar-refractivity contribution >= 4 is 0 Å². The highest BCUT2D eigenvalue weighted by atomic mass is 15.1. The second-order valence-electron chi connectivity index (χ2n) is 1.46. The lowest BCUT2D eigenvalue weighted by Gasteiger charge is -2.09. The summed E-state index contributed by atoms with van der Waals surface area (Å²) in [4.78, 5) is 0. The Balaban J connectivity index is 0. The van der Waals surface area contributed by atoms with Gasteiger partial charge < -0.3 is 10.6 Å². The molecule has 0 saturated heterocycles. The number of rotatable bonds is 4. The first kappa shape index (κ1) is 11.8. The summed E-state index contributed by atoms with van der Waals surface area (Å²) in [6, 6.07) is 0. The van der Waals surface area contributed by atoms with Crippen LogP contribution < -0.4 is 10.6 Å². The van der Waals surface area contributed by atoms with Crippen molar-refractivity contribution in [2.75, 3.05) is 0 Å². The average Bonchev–Trinajstić information content (AvgIpc) is 1.93. The Labute approximate surface area is 64.0 Å². The zero-order valence-corrected chi connectivity index (χ0v) is 7.15. The molecule has 2 nitrogen and oxygen atoms in total. The fraction of sp³-hybridized carbons (Fsp3) is 0.500. The molecule has 60 valence electrons. The smallest absolute Gasteiger partial charge is 0.0925 e. The third-order valence-electron chi connectivity index (χ3n) is 0.736. The van der Waals surface area contributed by atoms with Crippen LogP contribution in [0.25, 0.3) is 0 Å². The van der Waals surface area contributed by atoms with Crippen molar-refractivity contribution in [1.29, 1.82) is 0 Å². The van der Waals surface area contributed by atoms with Crippen molar-refractivity contribution in [3.05, 3.63) is 25.6 Å². The third-order valence-corrected chi connectivity index (χ3v) is 0.736. The van der Waals surface area contributed by atoms with Crippen LogP contribution in [0.15, 0.2) is 25.6 Å². The van der Waals surface area contributed by atoms with Gasteiger partial charge in [0.1, 0.15) is 0 Å². The summed E-state index contributed by atoms with van der Waals surface area (Å²) in [5.41, 5.74) is 0. The van der Waals surface area contributed by atoms with Crippen molar-refractivity contribution in [2.45, 2.75) is 26.9 Å². The molecule has 0 bridgehead atoms. The van der Waals surface area contributed by atoms with E-state index in [1.165, 1.54) is 0 Å². The van der Waals surface area contributed by atoms with Crippen molar-refractivity contribution in [3.63, 3.8) is 0 Å². The predicted molar refractivity (Wildman–Crippen MR) is 47.5 cm³/mol. The van der Waals surface area contributed by atoms with E-state index in [0.717, 1.165) is 0 Å². The van der Waals surface area contributed by atoms with Crippen molar-refractivity contribution in [1.82, 2.24) is 10.6 Å². The van der Waals surface area contributed by atoms with Gasteiger partial charge >= 0.3 is 0 Å². The monoisotopic (exact) mass is 142 g/mol. The molecule has 0 atom stereocenters. The molecule has 0 amide bonds. The second kappa shape index (κ2) is 11.0. The Morgan fingerprint density at radius 2 is 1.40 bits per heavy atom. The quantitative estimate of drug-likeness (QED) is 0.585. The van der Waals surface area contributed by atoms with Gasteiger partial charge in [-0.05, 0) is 19.3 Å². The molecule has 0 aliphatic rings. The van der Waals surface area contributed by atoms with Gasteiger partial charge in [-0.1, -0.05) is 27.0 Å². The zero-order chi connectivity index (χ0) is 8.41. The van der Waals surface area contributed by atoms with Crippen LogP contribution in [0.4, 0.5) is 0 Å². The normalized spacial score (nSPS) is 7.20. The standard InChI is InChI=1S/C6H12N2.C2H6/c1-4-7-6(3)8-5-2;1-2/h4-8H,1-2H2,3H3;1-2H3. The SMILES string of the molecule is C=CNC(C)NC=C.CC. The van der Waals surface area contributed by atoms with Gasteiger partial charge in [0.25, 0.3) is 0 Å². The molecular weight excluding hydrogens is 124 g/mol. The molecular formula is C8H18N2. The molecule has 0 radical (unpaired) electrons. The molecule has 0 heterocycles. The lowest BCUT2D eigenvalue weighted by Crippen LogP contribution is -2.32. The van der Waals surface area contributed by atoms with Gasteiger partial charge in [-0.25, -0.2) is 0 Å². The summed E-state index contributed by atoms with van der Waals surface area (Å²) in [6.45, 7) is 13.0. The first-order valence-corrected chi connectivity index (χ1v) is 3.55. The minimum Gasteiger partial charge on any atom is -0.372 e. The van der Waals surface area contributed by atoms with E-state index in [2.05, 4.69) is 23.8 Å². The summed E-state index contributed by atoms with van der Waals surface area (Å²) < 4.78 is 0. The van der Waals surface area contributed by atoms with Crippen molar-refractivity contribution in [2.24, 2.45) is 0 Å². The minimum atomic E-state index is 0.227. The lowest BCUT2D eigenvalue weighted by molar-refractivity contribution is 0.583.